The van der Waals surface area contributed by atoms with Crippen molar-refractivity contribution in [1.29, 1.82) is 0 Å². The molecule has 1 saturated heterocycles. The summed E-state index contributed by atoms with van der Waals surface area (Å²) in [5.41, 5.74) is 6.00. The number of rotatable bonds is 3. The van der Waals surface area contributed by atoms with Crippen molar-refractivity contribution < 1.29 is 18.0 Å². The molecule has 0 radical (unpaired) electrons. The summed E-state index contributed by atoms with van der Waals surface area (Å²) in [4.78, 5) is 4.26. The zero-order chi connectivity index (χ0) is 14.9. The molecule has 2 N–H and O–H groups in total. The van der Waals surface area contributed by atoms with Crippen LogP contribution in [0.2, 0.25) is 0 Å². The molecule has 1 aliphatic rings. The third kappa shape index (κ3) is 3.08. The van der Waals surface area contributed by atoms with Crippen LogP contribution in [0.15, 0.2) is 22.7 Å². The van der Waals surface area contributed by atoms with Crippen LogP contribution in [0.5, 0.6) is 0 Å². The number of ether oxygens (including phenoxy) is 1. The van der Waals surface area contributed by atoms with Gasteiger partial charge in [0.05, 0.1) is 0 Å². The quantitative estimate of drug-likeness (QED) is 0.936. The maximum Gasteiger partial charge on any atom is 0.246 e. The minimum Gasteiger partial charge on any atom is -0.381 e. The Morgan fingerprint density at radius 3 is 2.48 bits per heavy atom. The molecule has 5 nitrogen and oxygen atoms in total. The van der Waals surface area contributed by atoms with E-state index in [1.165, 1.54) is 12.1 Å². The summed E-state index contributed by atoms with van der Waals surface area (Å²) < 4.78 is 36.8. The van der Waals surface area contributed by atoms with Crippen molar-refractivity contribution >= 4 is 0 Å². The number of benzene rings is 1. The van der Waals surface area contributed by atoms with E-state index in [0.717, 1.165) is 6.07 Å². The number of aromatic nitrogens is 2. The molecular weight excluding hydrogens is 280 g/mol. The summed E-state index contributed by atoms with van der Waals surface area (Å²) in [5.74, 6) is -0.564. The van der Waals surface area contributed by atoms with Crippen LogP contribution in [0.4, 0.5) is 8.78 Å². The molecule has 0 spiro atoms. The van der Waals surface area contributed by atoms with Crippen LogP contribution in [-0.2, 0) is 16.7 Å². The van der Waals surface area contributed by atoms with E-state index >= 15 is 0 Å². The van der Waals surface area contributed by atoms with Crippen LogP contribution < -0.4 is 5.73 Å². The summed E-state index contributed by atoms with van der Waals surface area (Å²) in [6.07, 6.45) is 1.39. The molecule has 0 bridgehead atoms. The molecule has 1 fully saturated rings. The Kier molecular flexibility index (Phi) is 3.69. The summed E-state index contributed by atoms with van der Waals surface area (Å²) in [6, 6.07) is 3.31. The minimum atomic E-state index is -0.684. The molecule has 0 unspecified atom stereocenters. The van der Waals surface area contributed by atoms with E-state index in [1.807, 2.05) is 0 Å². The molecule has 0 atom stereocenters. The lowest BCUT2D eigenvalue weighted by Gasteiger charge is -2.29. The SMILES string of the molecule is NC1(c2nc(Cc3cc(F)cc(F)c3)no2)CCOCC1. The number of hydrogen-bond acceptors (Lipinski definition) is 5. The highest BCUT2D eigenvalue weighted by atomic mass is 19.1. The highest BCUT2D eigenvalue weighted by molar-refractivity contribution is 5.21. The first-order valence-electron chi connectivity index (χ1n) is 6.70. The van der Waals surface area contributed by atoms with E-state index in [-0.39, 0.29) is 6.42 Å². The van der Waals surface area contributed by atoms with Crippen LogP contribution in [0.3, 0.4) is 0 Å². The third-order valence-electron chi connectivity index (χ3n) is 3.56. The van der Waals surface area contributed by atoms with Crippen molar-refractivity contribution in [3.63, 3.8) is 0 Å². The summed E-state index contributed by atoms with van der Waals surface area (Å²) in [7, 11) is 0. The Morgan fingerprint density at radius 2 is 1.81 bits per heavy atom. The lowest BCUT2D eigenvalue weighted by molar-refractivity contribution is 0.0400. The molecule has 21 heavy (non-hydrogen) atoms. The Hall–Kier alpha value is -1.86. The average Bonchev–Trinajstić information content (AvgIpc) is 2.87. The molecule has 1 aromatic heterocycles. The van der Waals surface area contributed by atoms with Gasteiger partial charge in [-0.1, -0.05) is 5.16 Å². The highest BCUT2D eigenvalue weighted by Crippen LogP contribution is 2.28. The molecule has 7 heteroatoms. The number of nitrogens with two attached hydrogens (primary N) is 1. The van der Waals surface area contributed by atoms with Gasteiger partial charge in [-0.05, 0) is 30.5 Å². The second-order valence-corrected chi connectivity index (χ2v) is 5.24. The van der Waals surface area contributed by atoms with E-state index in [9.17, 15) is 8.78 Å². The smallest absolute Gasteiger partial charge is 0.246 e. The van der Waals surface area contributed by atoms with E-state index in [2.05, 4.69) is 10.1 Å². The summed E-state index contributed by atoms with van der Waals surface area (Å²) in [5, 5.41) is 3.84. The van der Waals surface area contributed by atoms with Crippen LogP contribution in [0.1, 0.15) is 30.1 Å². The molecule has 0 aliphatic carbocycles. The molecule has 1 aliphatic heterocycles. The Balaban J connectivity index is 1.78. The van der Waals surface area contributed by atoms with E-state index < -0.39 is 17.2 Å². The van der Waals surface area contributed by atoms with Gasteiger partial charge in [-0.15, -0.1) is 0 Å². The fourth-order valence-corrected chi connectivity index (χ4v) is 2.37. The largest absolute Gasteiger partial charge is 0.381 e. The van der Waals surface area contributed by atoms with Crippen LogP contribution in [0.25, 0.3) is 0 Å². The molecule has 0 saturated carbocycles. The number of hydrogen-bond donors (Lipinski definition) is 1. The molecule has 2 aromatic rings. The fraction of sp³-hybridized carbons (Fsp3) is 0.429. The van der Waals surface area contributed by atoms with Crippen LogP contribution >= 0.6 is 0 Å². The first-order chi connectivity index (χ1) is 10.0. The average molecular weight is 295 g/mol. The molecule has 1 aromatic carbocycles. The van der Waals surface area contributed by atoms with Gasteiger partial charge >= 0.3 is 0 Å². The third-order valence-corrected chi connectivity index (χ3v) is 3.56. The molecule has 0 amide bonds. The molecular formula is C14H15F2N3O2. The number of halogens is 2. The maximum absolute atomic E-state index is 13.1. The lowest BCUT2D eigenvalue weighted by atomic mass is 9.91. The van der Waals surface area contributed by atoms with Gasteiger partial charge in [-0.25, -0.2) is 8.78 Å². The van der Waals surface area contributed by atoms with E-state index in [1.54, 1.807) is 0 Å². The van der Waals surface area contributed by atoms with E-state index in [0.29, 0.717) is 43.3 Å². The van der Waals surface area contributed by atoms with Crippen LogP contribution in [-0.4, -0.2) is 23.4 Å². The fourth-order valence-electron chi connectivity index (χ4n) is 2.37. The van der Waals surface area contributed by atoms with Gasteiger partial charge in [0.2, 0.25) is 5.89 Å². The van der Waals surface area contributed by atoms with Gasteiger partial charge < -0.3 is 15.0 Å². The van der Waals surface area contributed by atoms with Crippen molar-refractivity contribution in [3.05, 3.63) is 47.1 Å². The first-order valence-corrected chi connectivity index (χ1v) is 6.70. The van der Waals surface area contributed by atoms with Gasteiger partial charge in [0.25, 0.3) is 0 Å². The normalized spacial score (nSPS) is 17.9. The monoisotopic (exact) mass is 295 g/mol. The van der Waals surface area contributed by atoms with Gasteiger partial charge in [0, 0.05) is 25.7 Å². The zero-order valence-corrected chi connectivity index (χ0v) is 11.3. The Morgan fingerprint density at radius 1 is 1.14 bits per heavy atom. The minimum absolute atomic E-state index is 0.185. The second-order valence-electron chi connectivity index (χ2n) is 5.24. The van der Waals surface area contributed by atoms with Gasteiger partial charge in [0.1, 0.15) is 17.2 Å². The van der Waals surface area contributed by atoms with Crippen molar-refractivity contribution in [2.24, 2.45) is 5.73 Å². The number of nitrogens with zero attached hydrogens (tertiary/aromatic N) is 2. The molecule has 112 valence electrons. The predicted molar refractivity (Wildman–Crippen MR) is 69.4 cm³/mol. The van der Waals surface area contributed by atoms with Gasteiger partial charge in [-0.2, -0.15) is 4.98 Å². The predicted octanol–water partition coefficient (Wildman–Crippen LogP) is 1.90. The van der Waals surface area contributed by atoms with Gasteiger partial charge in [-0.3, -0.25) is 0 Å². The van der Waals surface area contributed by atoms with E-state index in [4.69, 9.17) is 15.0 Å². The summed E-state index contributed by atoms with van der Waals surface area (Å²) in [6.45, 7) is 1.09. The zero-order valence-electron chi connectivity index (χ0n) is 11.3. The highest BCUT2D eigenvalue weighted by Gasteiger charge is 2.35. The Labute approximate surface area is 120 Å². The van der Waals surface area contributed by atoms with Crippen molar-refractivity contribution in [1.82, 2.24) is 10.1 Å². The topological polar surface area (TPSA) is 74.2 Å². The van der Waals surface area contributed by atoms with Crippen molar-refractivity contribution in [3.8, 4) is 0 Å². The standard InChI is InChI=1S/C14H15F2N3O2/c15-10-5-9(6-11(16)8-10)7-12-18-13(21-19-12)14(17)1-3-20-4-2-14/h5-6,8H,1-4,7,17H2. The maximum atomic E-state index is 13.1. The second kappa shape index (κ2) is 5.50. The van der Waals surface area contributed by atoms with Crippen LogP contribution in [0, 0.1) is 11.6 Å². The lowest BCUT2D eigenvalue weighted by Crippen LogP contribution is -2.42. The summed E-state index contributed by atoms with van der Waals surface area (Å²) >= 11 is 0. The van der Waals surface area contributed by atoms with Gasteiger partial charge in [0.15, 0.2) is 5.82 Å². The van der Waals surface area contributed by atoms with Crippen molar-refractivity contribution in [2.45, 2.75) is 24.8 Å². The first kappa shape index (κ1) is 14.1. The molecule has 3 rings (SSSR count). The Bertz CT molecular complexity index is 619. The van der Waals surface area contributed by atoms with Crippen molar-refractivity contribution in [2.75, 3.05) is 13.2 Å². The molecule has 2 heterocycles.